The maximum Gasteiger partial charge on any atom is 0.0673 e. The van der Waals surface area contributed by atoms with E-state index in [0.29, 0.717) is 13.2 Å². The van der Waals surface area contributed by atoms with Gasteiger partial charge < -0.3 is 10.5 Å². The van der Waals surface area contributed by atoms with Crippen molar-refractivity contribution < 1.29 is 4.74 Å². The highest BCUT2D eigenvalue weighted by Gasteiger charge is 1.89. The van der Waals surface area contributed by atoms with E-state index in [-0.39, 0.29) is 0 Å². The van der Waals surface area contributed by atoms with Crippen LogP contribution < -0.4 is 5.73 Å². The highest BCUT2D eigenvalue weighted by molar-refractivity contribution is 5.01. The van der Waals surface area contributed by atoms with Gasteiger partial charge in [-0.2, -0.15) is 0 Å². The van der Waals surface area contributed by atoms with Crippen LogP contribution in [0.25, 0.3) is 0 Å². The second-order valence-electron chi connectivity index (χ2n) is 1.88. The van der Waals surface area contributed by atoms with Crippen LogP contribution in [0.4, 0.5) is 0 Å². The number of rotatable bonds is 4. The molecule has 0 spiro atoms. The fourth-order valence-electron chi connectivity index (χ4n) is 0.657. The van der Waals surface area contributed by atoms with Gasteiger partial charge in [0.1, 0.15) is 0 Å². The molecule has 0 aliphatic rings. The fourth-order valence-corrected chi connectivity index (χ4v) is 0.657. The molecule has 0 aromatic heterocycles. The molecule has 0 amide bonds. The molecule has 54 valence electrons. The largest absolute Gasteiger partial charge is 0.380 e. The van der Waals surface area contributed by atoms with Gasteiger partial charge in [-0.25, -0.2) is 0 Å². The van der Waals surface area contributed by atoms with Crippen molar-refractivity contribution in [2.75, 3.05) is 20.3 Å². The zero-order chi connectivity index (χ0) is 7.11. The van der Waals surface area contributed by atoms with Crippen LogP contribution in [0.2, 0.25) is 0 Å². The molecule has 9 heavy (non-hydrogen) atoms. The van der Waals surface area contributed by atoms with Crippen LogP contribution >= 0.6 is 0 Å². The topological polar surface area (TPSA) is 35.2 Å². The molecule has 2 nitrogen and oxygen atoms in total. The number of hydrogen-bond acceptors (Lipinski definition) is 2. The fraction of sp³-hybridized carbons (Fsp3) is 0.714. The molecule has 0 heterocycles. The summed E-state index contributed by atoms with van der Waals surface area (Å²) >= 11 is 0. The molecule has 2 N–H and O–H groups in total. The molecule has 0 saturated heterocycles. The van der Waals surface area contributed by atoms with Crippen LogP contribution in [-0.4, -0.2) is 20.3 Å². The van der Waals surface area contributed by atoms with Gasteiger partial charge in [-0.3, -0.25) is 0 Å². The highest BCUT2D eigenvalue weighted by Crippen LogP contribution is 1.98. The van der Waals surface area contributed by atoms with Gasteiger partial charge >= 0.3 is 0 Å². The predicted molar refractivity (Wildman–Crippen MR) is 39.3 cm³/mol. The zero-order valence-corrected chi connectivity index (χ0v) is 6.18. The summed E-state index contributed by atoms with van der Waals surface area (Å²) in [4.78, 5) is 0. The Bertz CT molecular complexity index is 88.9. The molecule has 0 rings (SSSR count). The van der Waals surface area contributed by atoms with Gasteiger partial charge in [-0.15, -0.1) is 0 Å². The maximum atomic E-state index is 5.30. The highest BCUT2D eigenvalue weighted by atomic mass is 16.5. The van der Waals surface area contributed by atoms with Crippen LogP contribution in [0.3, 0.4) is 0 Å². The lowest BCUT2D eigenvalue weighted by atomic mass is 10.2. The minimum atomic E-state index is 0.618. The molecule has 2 heteroatoms. The Labute approximate surface area is 56.7 Å². The van der Waals surface area contributed by atoms with E-state index in [1.807, 2.05) is 6.08 Å². The van der Waals surface area contributed by atoms with Crippen molar-refractivity contribution in [2.45, 2.75) is 13.3 Å². The van der Waals surface area contributed by atoms with Crippen LogP contribution in [0, 0.1) is 0 Å². The summed E-state index contributed by atoms with van der Waals surface area (Å²) in [5.74, 6) is 0. The summed E-state index contributed by atoms with van der Waals surface area (Å²) in [7, 11) is 1.69. The van der Waals surface area contributed by atoms with Gasteiger partial charge in [-0.1, -0.05) is 13.0 Å². The first kappa shape index (κ1) is 8.66. The molecular formula is C7H15NO. The van der Waals surface area contributed by atoms with Gasteiger partial charge in [0.15, 0.2) is 0 Å². The maximum absolute atomic E-state index is 5.30. The van der Waals surface area contributed by atoms with E-state index >= 15 is 0 Å². The van der Waals surface area contributed by atoms with Crippen molar-refractivity contribution >= 4 is 0 Å². The summed E-state index contributed by atoms with van der Waals surface area (Å²) in [6, 6.07) is 0. The first-order valence-corrected chi connectivity index (χ1v) is 3.22. The summed E-state index contributed by atoms with van der Waals surface area (Å²) in [6.45, 7) is 3.43. The van der Waals surface area contributed by atoms with Crippen molar-refractivity contribution in [3.63, 3.8) is 0 Å². The zero-order valence-electron chi connectivity index (χ0n) is 6.18. The molecule has 0 aliphatic heterocycles. The summed E-state index contributed by atoms with van der Waals surface area (Å²) in [5, 5.41) is 0. The van der Waals surface area contributed by atoms with Crippen molar-refractivity contribution in [2.24, 2.45) is 5.73 Å². The monoisotopic (exact) mass is 129 g/mol. The molecule has 0 aromatic rings. The summed E-state index contributed by atoms with van der Waals surface area (Å²) in [5.41, 5.74) is 6.58. The van der Waals surface area contributed by atoms with Gasteiger partial charge in [0.05, 0.1) is 6.61 Å². The lowest BCUT2D eigenvalue weighted by Gasteiger charge is -2.00. The van der Waals surface area contributed by atoms with Crippen molar-refractivity contribution in [1.29, 1.82) is 0 Å². The van der Waals surface area contributed by atoms with E-state index in [1.54, 1.807) is 7.11 Å². The average molecular weight is 129 g/mol. The smallest absolute Gasteiger partial charge is 0.0673 e. The number of hydrogen-bond donors (Lipinski definition) is 1. The lowest BCUT2D eigenvalue weighted by molar-refractivity contribution is 0.223. The van der Waals surface area contributed by atoms with E-state index < -0.39 is 0 Å². The Hall–Kier alpha value is -0.340. The van der Waals surface area contributed by atoms with E-state index in [4.69, 9.17) is 10.5 Å². The lowest BCUT2D eigenvalue weighted by Crippen LogP contribution is -1.99. The Kier molecular flexibility index (Phi) is 5.57. The second-order valence-corrected chi connectivity index (χ2v) is 1.88. The molecular weight excluding hydrogens is 114 g/mol. The summed E-state index contributed by atoms with van der Waals surface area (Å²) < 4.78 is 4.92. The average Bonchev–Trinajstić information content (AvgIpc) is 1.88. The Balaban J connectivity index is 3.53. The molecule has 0 radical (unpaired) electrons. The van der Waals surface area contributed by atoms with Crippen LogP contribution in [0.1, 0.15) is 13.3 Å². The summed E-state index contributed by atoms with van der Waals surface area (Å²) in [6.07, 6.45) is 3.04. The Morgan fingerprint density at radius 2 is 2.33 bits per heavy atom. The molecule has 0 atom stereocenters. The normalized spacial score (nSPS) is 12.1. The van der Waals surface area contributed by atoms with Gasteiger partial charge in [0.2, 0.25) is 0 Å². The number of methoxy groups -OCH3 is 1. The van der Waals surface area contributed by atoms with Gasteiger partial charge in [-0.05, 0) is 12.0 Å². The third kappa shape index (κ3) is 4.18. The van der Waals surface area contributed by atoms with Gasteiger partial charge in [0, 0.05) is 13.7 Å². The SMILES string of the molecule is CCC(=CCN)COC. The first-order chi connectivity index (χ1) is 4.35. The standard InChI is InChI=1S/C7H15NO/c1-3-7(4-5-8)6-9-2/h4H,3,5-6,8H2,1-2H3. The number of nitrogens with two attached hydrogens (primary N) is 1. The van der Waals surface area contributed by atoms with Crippen molar-refractivity contribution in [3.05, 3.63) is 11.6 Å². The Morgan fingerprint density at radius 1 is 1.67 bits per heavy atom. The molecule has 0 saturated carbocycles. The molecule has 0 fully saturated rings. The van der Waals surface area contributed by atoms with Crippen molar-refractivity contribution in [1.82, 2.24) is 0 Å². The molecule has 0 unspecified atom stereocenters. The van der Waals surface area contributed by atoms with Crippen molar-refractivity contribution in [3.8, 4) is 0 Å². The quantitative estimate of drug-likeness (QED) is 0.573. The molecule has 0 aliphatic carbocycles. The Morgan fingerprint density at radius 3 is 2.67 bits per heavy atom. The predicted octanol–water partition coefficient (Wildman–Crippen LogP) is 0.928. The third-order valence-corrected chi connectivity index (χ3v) is 1.19. The van der Waals surface area contributed by atoms with E-state index in [1.165, 1.54) is 5.57 Å². The van der Waals surface area contributed by atoms with E-state index in [0.717, 1.165) is 6.42 Å². The van der Waals surface area contributed by atoms with E-state index in [2.05, 4.69) is 6.92 Å². The third-order valence-electron chi connectivity index (χ3n) is 1.19. The number of ether oxygens (including phenoxy) is 1. The van der Waals surface area contributed by atoms with Crippen LogP contribution in [0.15, 0.2) is 11.6 Å². The van der Waals surface area contributed by atoms with E-state index in [9.17, 15) is 0 Å². The second kappa shape index (κ2) is 5.79. The molecule has 0 aromatic carbocycles. The first-order valence-electron chi connectivity index (χ1n) is 3.22. The van der Waals surface area contributed by atoms with Gasteiger partial charge in [0.25, 0.3) is 0 Å². The van der Waals surface area contributed by atoms with Crippen LogP contribution in [0.5, 0.6) is 0 Å². The molecule has 0 bridgehead atoms. The van der Waals surface area contributed by atoms with Crippen LogP contribution in [-0.2, 0) is 4.74 Å². The minimum Gasteiger partial charge on any atom is -0.380 e. The minimum absolute atomic E-state index is 0.618.